The van der Waals surface area contributed by atoms with E-state index in [2.05, 4.69) is 6.92 Å². The maximum atomic E-state index is 10.7. The van der Waals surface area contributed by atoms with Gasteiger partial charge in [0.05, 0.1) is 4.92 Å². The van der Waals surface area contributed by atoms with E-state index >= 15 is 0 Å². The molecule has 4 nitrogen and oxygen atoms in total. The maximum Gasteiger partial charge on any atom is 0.310 e. The summed E-state index contributed by atoms with van der Waals surface area (Å²) < 4.78 is 0. The lowest BCUT2D eigenvalue weighted by molar-refractivity contribution is -0.385. The number of rotatable bonds is 7. The van der Waals surface area contributed by atoms with E-state index in [1.165, 1.54) is 25.3 Å². The highest BCUT2D eigenvalue weighted by Crippen LogP contribution is 2.35. The van der Waals surface area contributed by atoms with Gasteiger partial charge < -0.3 is 5.11 Å². The number of phenolic OH excluding ortho intramolecular Hbond substituents is 1. The summed E-state index contributed by atoms with van der Waals surface area (Å²) in [4.78, 5) is 10.2. The molecule has 0 aromatic heterocycles. The first-order valence-corrected chi connectivity index (χ1v) is 6.54. The monoisotopic (exact) mass is 251 g/mol. The molecule has 0 aliphatic heterocycles. The fourth-order valence-electron chi connectivity index (χ4n) is 2.13. The van der Waals surface area contributed by atoms with E-state index in [4.69, 9.17) is 0 Å². The zero-order valence-corrected chi connectivity index (χ0v) is 11.1. The van der Waals surface area contributed by atoms with Crippen molar-refractivity contribution in [2.45, 2.75) is 51.9 Å². The molecule has 0 aliphatic carbocycles. The van der Waals surface area contributed by atoms with Gasteiger partial charge in [0.1, 0.15) is 0 Å². The van der Waals surface area contributed by atoms with Gasteiger partial charge in [-0.2, -0.15) is 0 Å². The van der Waals surface area contributed by atoms with Crippen LogP contribution in [0.2, 0.25) is 0 Å². The molecule has 0 heterocycles. The lowest BCUT2D eigenvalue weighted by atomic mass is 9.93. The lowest BCUT2D eigenvalue weighted by Crippen LogP contribution is -1.97. The maximum absolute atomic E-state index is 10.7. The summed E-state index contributed by atoms with van der Waals surface area (Å²) in [6.07, 6.45) is 5.63. The molecule has 4 heteroatoms. The number of nitro groups is 1. The Balaban J connectivity index is 2.70. The van der Waals surface area contributed by atoms with Crippen LogP contribution < -0.4 is 0 Å². The quantitative estimate of drug-likeness (QED) is 0.444. The van der Waals surface area contributed by atoms with Crippen LogP contribution in [-0.4, -0.2) is 10.0 Å². The van der Waals surface area contributed by atoms with E-state index < -0.39 is 4.92 Å². The van der Waals surface area contributed by atoms with Gasteiger partial charge in [0.2, 0.25) is 0 Å². The molecular weight excluding hydrogens is 230 g/mol. The van der Waals surface area contributed by atoms with E-state index in [0.717, 1.165) is 12.8 Å². The van der Waals surface area contributed by atoms with Crippen molar-refractivity contribution >= 4 is 5.69 Å². The predicted molar refractivity (Wildman–Crippen MR) is 71.9 cm³/mol. The summed E-state index contributed by atoms with van der Waals surface area (Å²) in [5.41, 5.74) is 0.480. The molecule has 1 atom stereocenters. The van der Waals surface area contributed by atoms with E-state index in [1.807, 2.05) is 6.92 Å². The van der Waals surface area contributed by atoms with E-state index in [9.17, 15) is 15.2 Å². The molecule has 0 aliphatic rings. The Morgan fingerprint density at radius 1 is 1.33 bits per heavy atom. The molecule has 1 unspecified atom stereocenters. The van der Waals surface area contributed by atoms with E-state index in [1.54, 1.807) is 12.1 Å². The van der Waals surface area contributed by atoms with Crippen molar-refractivity contribution in [1.82, 2.24) is 0 Å². The van der Waals surface area contributed by atoms with Crippen molar-refractivity contribution in [3.8, 4) is 5.75 Å². The van der Waals surface area contributed by atoms with Gasteiger partial charge in [-0.3, -0.25) is 10.1 Å². The zero-order chi connectivity index (χ0) is 13.5. The highest BCUT2D eigenvalue weighted by molar-refractivity contribution is 5.51. The number of aromatic hydroxyl groups is 1. The Morgan fingerprint density at radius 3 is 2.67 bits per heavy atom. The molecule has 0 saturated carbocycles. The molecule has 0 radical (unpaired) electrons. The highest BCUT2D eigenvalue weighted by Gasteiger charge is 2.19. The standard InChI is InChI=1S/C14H21NO3/c1-3-4-5-6-8-11(2)12-9-7-10-13(14(12)16)15(17)18/h7,9-11,16H,3-6,8H2,1-2H3. The first-order chi connectivity index (χ1) is 8.57. The van der Waals surface area contributed by atoms with Crippen LogP contribution in [0.3, 0.4) is 0 Å². The number of phenols is 1. The summed E-state index contributed by atoms with van der Waals surface area (Å²) in [7, 11) is 0. The van der Waals surface area contributed by atoms with Crippen LogP contribution >= 0.6 is 0 Å². The largest absolute Gasteiger partial charge is 0.502 e. The Hall–Kier alpha value is -1.58. The zero-order valence-electron chi connectivity index (χ0n) is 11.1. The molecule has 0 saturated heterocycles. The number of nitro benzene ring substituents is 1. The van der Waals surface area contributed by atoms with Crippen molar-refractivity contribution in [3.05, 3.63) is 33.9 Å². The number of para-hydroxylation sites is 1. The minimum absolute atomic E-state index is 0.154. The summed E-state index contributed by atoms with van der Waals surface area (Å²) in [5.74, 6) is -0.0211. The van der Waals surface area contributed by atoms with Crippen molar-refractivity contribution < 1.29 is 10.0 Å². The fraction of sp³-hybridized carbons (Fsp3) is 0.571. The van der Waals surface area contributed by atoms with Crippen LogP contribution in [0.1, 0.15) is 57.4 Å². The third kappa shape index (κ3) is 3.72. The van der Waals surface area contributed by atoms with Gasteiger partial charge in [0.25, 0.3) is 0 Å². The Kier molecular flexibility index (Phi) is 5.62. The van der Waals surface area contributed by atoms with Gasteiger partial charge in [-0.05, 0) is 12.3 Å². The molecule has 1 N–H and O–H groups in total. The molecule has 0 fully saturated rings. The van der Waals surface area contributed by atoms with Crippen LogP contribution in [0, 0.1) is 10.1 Å². The van der Waals surface area contributed by atoms with Gasteiger partial charge in [-0.15, -0.1) is 0 Å². The van der Waals surface area contributed by atoms with Crippen molar-refractivity contribution in [3.63, 3.8) is 0 Å². The average Bonchev–Trinajstić information content (AvgIpc) is 2.34. The fourth-order valence-corrected chi connectivity index (χ4v) is 2.13. The second-order valence-corrected chi connectivity index (χ2v) is 4.72. The first-order valence-electron chi connectivity index (χ1n) is 6.54. The summed E-state index contributed by atoms with van der Waals surface area (Å²) >= 11 is 0. The smallest absolute Gasteiger partial charge is 0.310 e. The number of unbranched alkanes of at least 4 members (excludes halogenated alkanes) is 3. The van der Waals surface area contributed by atoms with Crippen LogP contribution in [-0.2, 0) is 0 Å². The van der Waals surface area contributed by atoms with Crippen LogP contribution in [0.15, 0.2) is 18.2 Å². The normalized spacial score (nSPS) is 12.3. The number of benzene rings is 1. The molecule has 100 valence electrons. The first kappa shape index (κ1) is 14.5. The summed E-state index contributed by atoms with van der Waals surface area (Å²) in [6.45, 7) is 4.17. The van der Waals surface area contributed by atoms with Crippen LogP contribution in [0.5, 0.6) is 5.75 Å². The minimum Gasteiger partial charge on any atom is -0.502 e. The molecule has 18 heavy (non-hydrogen) atoms. The average molecular weight is 251 g/mol. The Labute approximate surface area is 108 Å². The van der Waals surface area contributed by atoms with Crippen molar-refractivity contribution in [1.29, 1.82) is 0 Å². The van der Waals surface area contributed by atoms with Gasteiger partial charge in [0.15, 0.2) is 5.75 Å². The molecule has 1 aromatic carbocycles. The Bertz CT molecular complexity index is 404. The molecule has 0 spiro atoms. The molecule has 0 amide bonds. The third-order valence-corrected chi connectivity index (χ3v) is 3.26. The minimum atomic E-state index is -0.539. The van der Waals surface area contributed by atoms with Gasteiger partial charge in [-0.25, -0.2) is 0 Å². The SMILES string of the molecule is CCCCCCC(C)c1cccc([N+](=O)[O-])c1O. The van der Waals surface area contributed by atoms with Gasteiger partial charge in [0, 0.05) is 11.6 Å². The number of hydrogen-bond acceptors (Lipinski definition) is 3. The molecule has 1 aromatic rings. The number of hydrogen-bond donors (Lipinski definition) is 1. The van der Waals surface area contributed by atoms with E-state index in [-0.39, 0.29) is 17.4 Å². The van der Waals surface area contributed by atoms with Crippen LogP contribution in [0.25, 0.3) is 0 Å². The van der Waals surface area contributed by atoms with Crippen molar-refractivity contribution in [2.75, 3.05) is 0 Å². The number of nitrogens with zero attached hydrogens (tertiary/aromatic N) is 1. The summed E-state index contributed by atoms with van der Waals surface area (Å²) in [6, 6.07) is 4.74. The van der Waals surface area contributed by atoms with Gasteiger partial charge in [-0.1, -0.05) is 51.7 Å². The second-order valence-electron chi connectivity index (χ2n) is 4.72. The third-order valence-electron chi connectivity index (χ3n) is 3.26. The van der Waals surface area contributed by atoms with Crippen LogP contribution in [0.4, 0.5) is 5.69 Å². The predicted octanol–water partition coefficient (Wildman–Crippen LogP) is 4.37. The highest BCUT2D eigenvalue weighted by atomic mass is 16.6. The van der Waals surface area contributed by atoms with Crippen molar-refractivity contribution in [2.24, 2.45) is 0 Å². The molecule has 0 bridgehead atoms. The molecule has 1 rings (SSSR count). The second kappa shape index (κ2) is 6.99. The topological polar surface area (TPSA) is 63.4 Å². The lowest BCUT2D eigenvalue weighted by Gasteiger charge is -2.13. The summed E-state index contributed by atoms with van der Waals surface area (Å²) in [5, 5.41) is 20.6. The molecular formula is C14H21NO3. The Morgan fingerprint density at radius 2 is 2.06 bits per heavy atom. The van der Waals surface area contributed by atoms with Gasteiger partial charge >= 0.3 is 5.69 Å². The van der Waals surface area contributed by atoms with E-state index in [0.29, 0.717) is 5.56 Å².